The van der Waals surface area contributed by atoms with Crippen molar-refractivity contribution in [3.63, 3.8) is 0 Å². The highest BCUT2D eigenvalue weighted by Gasteiger charge is 2.31. The van der Waals surface area contributed by atoms with Crippen LogP contribution < -0.4 is 5.32 Å². The number of carbonyl (C=O) groups excluding carboxylic acids is 1. The Bertz CT molecular complexity index is 612. The summed E-state index contributed by atoms with van der Waals surface area (Å²) < 4.78 is 0. The molecule has 2 amide bonds. The summed E-state index contributed by atoms with van der Waals surface area (Å²) in [5, 5.41) is 5.25. The van der Waals surface area contributed by atoms with Gasteiger partial charge in [-0.2, -0.15) is 0 Å². The summed E-state index contributed by atoms with van der Waals surface area (Å²) in [6.07, 6.45) is 0.973. The first-order valence-electron chi connectivity index (χ1n) is 7.09. The van der Waals surface area contributed by atoms with Crippen molar-refractivity contribution >= 4 is 34.8 Å². The van der Waals surface area contributed by atoms with Gasteiger partial charge in [-0.3, -0.25) is 0 Å². The molecule has 2 heterocycles. The molecule has 1 aromatic heterocycles. The second kappa shape index (κ2) is 6.54. The van der Waals surface area contributed by atoms with Gasteiger partial charge >= 0.3 is 6.03 Å². The quantitative estimate of drug-likeness (QED) is 0.897. The molecular formula is C16H18N2OS2. The number of carbonyl (C=O) groups is 1. The van der Waals surface area contributed by atoms with Gasteiger partial charge in [-0.1, -0.05) is 25.1 Å². The van der Waals surface area contributed by atoms with Crippen LogP contribution >= 0.6 is 23.1 Å². The minimum Gasteiger partial charge on any atom is -0.308 e. The van der Waals surface area contributed by atoms with E-state index in [0.717, 1.165) is 24.4 Å². The van der Waals surface area contributed by atoms with Crippen LogP contribution in [-0.2, 0) is 6.42 Å². The molecule has 5 heteroatoms. The molecular weight excluding hydrogens is 300 g/mol. The molecule has 0 bridgehead atoms. The maximum absolute atomic E-state index is 12.5. The molecule has 0 unspecified atom stereocenters. The second-order valence-corrected chi connectivity index (χ2v) is 7.08. The van der Waals surface area contributed by atoms with Crippen LogP contribution in [0.5, 0.6) is 0 Å². The van der Waals surface area contributed by atoms with E-state index in [4.69, 9.17) is 0 Å². The van der Waals surface area contributed by atoms with Crippen molar-refractivity contribution in [2.24, 2.45) is 0 Å². The lowest BCUT2D eigenvalue weighted by atomic mass is 10.1. The van der Waals surface area contributed by atoms with Crippen molar-refractivity contribution in [1.82, 2.24) is 4.90 Å². The Kier molecular flexibility index (Phi) is 4.51. The van der Waals surface area contributed by atoms with Gasteiger partial charge in [0.1, 0.15) is 5.37 Å². The van der Waals surface area contributed by atoms with E-state index in [1.54, 1.807) is 11.3 Å². The Morgan fingerprint density at radius 3 is 3.05 bits per heavy atom. The van der Waals surface area contributed by atoms with E-state index in [1.807, 2.05) is 40.9 Å². The molecule has 3 nitrogen and oxygen atoms in total. The second-order valence-electron chi connectivity index (χ2n) is 4.92. The maximum Gasteiger partial charge on any atom is 0.323 e. The van der Waals surface area contributed by atoms with Crippen molar-refractivity contribution in [2.75, 3.05) is 17.6 Å². The number of amides is 2. The number of hydrogen-bond donors (Lipinski definition) is 1. The van der Waals surface area contributed by atoms with E-state index in [2.05, 4.69) is 29.8 Å². The Hall–Kier alpha value is -1.46. The van der Waals surface area contributed by atoms with Gasteiger partial charge in [-0.15, -0.1) is 23.1 Å². The van der Waals surface area contributed by atoms with Crippen LogP contribution in [0.2, 0.25) is 0 Å². The third-order valence-corrected chi connectivity index (χ3v) is 5.84. The summed E-state index contributed by atoms with van der Waals surface area (Å²) in [6.45, 7) is 2.91. The number of urea groups is 1. The fraction of sp³-hybridized carbons (Fsp3) is 0.312. The van der Waals surface area contributed by atoms with Gasteiger partial charge in [0.25, 0.3) is 0 Å². The van der Waals surface area contributed by atoms with Crippen molar-refractivity contribution in [2.45, 2.75) is 18.7 Å². The fourth-order valence-corrected chi connectivity index (χ4v) is 4.64. The molecule has 1 N–H and O–H groups in total. The van der Waals surface area contributed by atoms with Crippen LogP contribution in [-0.4, -0.2) is 23.2 Å². The molecule has 110 valence electrons. The Morgan fingerprint density at radius 1 is 1.38 bits per heavy atom. The molecule has 0 radical (unpaired) electrons. The standard InChI is InChI=1S/C16H18N2OS2/c1-2-12-5-3-6-13(11-12)17-16(19)18-8-10-21-15(18)14-7-4-9-20-14/h3-7,9,11,15H,2,8,10H2,1H3,(H,17,19)/t15-/m0/s1. The number of aryl methyl sites for hydroxylation is 1. The molecule has 3 rings (SSSR count). The molecule has 1 aliphatic heterocycles. The summed E-state index contributed by atoms with van der Waals surface area (Å²) in [4.78, 5) is 15.7. The molecule has 1 fully saturated rings. The van der Waals surface area contributed by atoms with Gasteiger partial charge in [-0.25, -0.2) is 4.79 Å². The maximum atomic E-state index is 12.5. The Morgan fingerprint density at radius 2 is 2.29 bits per heavy atom. The first-order chi connectivity index (χ1) is 10.3. The lowest BCUT2D eigenvalue weighted by Gasteiger charge is -2.23. The highest BCUT2D eigenvalue weighted by molar-refractivity contribution is 7.99. The first-order valence-corrected chi connectivity index (χ1v) is 9.02. The fourth-order valence-electron chi connectivity index (χ4n) is 2.41. The van der Waals surface area contributed by atoms with E-state index >= 15 is 0 Å². The molecule has 2 aromatic rings. The van der Waals surface area contributed by atoms with Gasteiger partial charge in [0.05, 0.1) is 0 Å². The highest BCUT2D eigenvalue weighted by atomic mass is 32.2. The molecule has 1 aromatic carbocycles. The summed E-state index contributed by atoms with van der Waals surface area (Å²) in [5.74, 6) is 0.991. The summed E-state index contributed by atoms with van der Waals surface area (Å²) >= 11 is 3.54. The lowest BCUT2D eigenvalue weighted by Crippen LogP contribution is -2.34. The average molecular weight is 318 g/mol. The number of thioether (sulfide) groups is 1. The lowest BCUT2D eigenvalue weighted by molar-refractivity contribution is 0.215. The SMILES string of the molecule is CCc1cccc(NC(=O)N2CCS[C@H]2c2cccs2)c1. The minimum absolute atomic E-state index is 0.00773. The van der Waals surface area contributed by atoms with Gasteiger partial charge in [0, 0.05) is 22.9 Å². The van der Waals surface area contributed by atoms with Crippen molar-refractivity contribution in [3.05, 3.63) is 52.2 Å². The summed E-state index contributed by atoms with van der Waals surface area (Å²) in [7, 11) is 0. The van der Waals surface area contributed by atoms with Crippen molar-refractivity contribution in [1.29, 1.82) is 0 Å². The van der Waals surface area contributed by atoms with Gasteiger partial charge in [0.2, 0.25) is 0 Å². The van der Waals surface area contributed by atoms with E-state index in [9.17, 15) is 4.79 Å². The van der Waals surface area contributed by atoms with E-state index in [0.29, 0.717) is 0 Å². The summed E-state index contributed by atoms with van der Waals surface area (Å²) in [5.41, 5.74) is 2.11. The molecule has 1 aliphatic rings. The highest BCUT2D eigenvalue weighted by Crippen LogP contribution is 2.40. The number of nitrogens with zero attached hydrogens (tertiary/aromatic N) is 1. The largest absolute Gasteiger partial charge is 0.323 e. The minimum atomic E-state index is -0.00773. The predicted octanol–water partition coefficient (Wildman–Crippen LogP) is 4.59. The monoisotopic (exact) mass is 318 g/mol. The van der Waals surface area contributed by atoms with E-state index < -0.39 is 0 Å². The first kappa shape index (κ1) is 14.5. The predicted molar refractivity (Wildman–Crippen MR) is 91.1 cm³/mol. The zero-order valence-corrected chi connectivity index (χ0v) is 13.5. The number of benzene rings is 1. The topological polar surface area (TPSA) is 32.3 Å². The zero-order valence-electron chi connectivity index (χ0n) is 11.9. The van der Waals surface area contributed by atoms with Crippen LogP contribution in [0.25, 0.3) is 0 Å². The molecule has 0 aliphatic carbocycles. The Labute approximate surface area is 133 Å². The molecule has 0 saturated carbocycles. The van der Waals surface area contributed by atoms with Crippen LogP contribution in [0.15, 0.2) is 41.8 Å². The molecule has 1 atom stereocenters. The molecule has 21 heavy (non-hydrogen) atoms. The van der Waals surface area contributed by atoms with Gasteiger partial charge in [0.15, 0.2) is 0 Å². The molecule has 1 saturated heterocycles. The Balaban J connectivity index is 1.72. The van der Waals surface area contributed by atoms with Gasteiger partial charge < -0.3 is 10.2 Å². The third kappa shape index (κ3) is 3.24. The number of nitrogens with one attached hydrogen (secondary N) is 1. The van der Waals surface area contributed by atoms with Gasteiger partial charge in [-0.05, 0) is 35.6 Å². The zero-order chi connectivity index (χ0) is 14.7. The van der Waals surface area contributed by atoms with E-state index in [1.165, 1.54) is 10.4 Å². The summed E-state index contributed by atoms with van der Waals surface area (Å²) in [6, 6.07) is 12.2. The third-order valence-electron chi connectivity index (χ3n) is 3.52. The van der Waals surface area contributed by atoms with Crippen LogP contribution in [0.4, 0.5) is 10.5 Å². The van der Waals surface area contributed by atoms with Crippen LogP contribution in [0, 0.1) is 0 Å². The number of hydrogen-bond acceptors (Lipinski definition) is 3. The smallest absolute Gasteiger partial charge is 0.308 e. The average Bonchev–Trinajstić information content (AvgIpc) is 3.18. The van der Waals surface area contributed by atoms with Crippen LogP contribution in [0.3, 0.4) is 0 Å². The van der Waals surface area contributed by atoms with Crippen LogP contribution in [0.1, 0.15) is 22.7 Å². The van der Waals surface area contributed by atoms with Crippen molar-refractivity contribution in [3.8, 4) is 0 Å². The normalized spacial score (nSPS) is 18.0. The number of anilines is 1. The molecule has 0 spiro atoms. The number of thiophene rings is 1. The van der Waals surface area contributed by atoms with Crippen molar-refractivity contribution < 1.29 is 4.79 Å². The number of rotatable bonds is 3. The van der Waals surface area contributed by atoms with E-state index in [-0.39, 0.29) is 11.4 Å².